The monoisotopic (exact) mass is 128 g/mol. The minimum absolute atomic E-state index is 0.0694. The van der Waals surface area contributed by atoms with Gasteiger partial charge in [-0.05, 0) is 13.3 Å². The number of nitrogens with one attached hydrogen (secondary N) is 1. The summed E-state index contributed by atoms with van der Waals surface area (Å²) in [4.78, 5) is 10.5. The van der Waals surface area contributed by atoms with Crippen molar-refractivity contribution in [2.24, 2.45) is 11.7 Å². The lowest BCUT2D eigenvalue weighted by Crippen LogP contribution is -2.24. The number of rotatable bonds is 1. The van der Waals surface area contributed by atoms with Gasteiger partial charge in [0, 0.05) is 12.6 Å². The Balaban J connectivity index is 2.39. The van der Waals surface area contributed by atoms with Gasteiger partial charge in [-0.15, -0.1) is 0 Å². The van der Waals surface area contributed by atoms with Crippen LogP contribution < -0.4 is 11.1 Å². The summed E-state index contributed by atoms with van der Waals surface area (Å²) in [6.07, 6.45) is 0.898. The molecule has 2 unspecified atom stereocenters. The maximum absolute atomic E-state index is 10.5. The third-order valence-corrected chi connectivity index (χ3v) is 1.75. The molecule has 0 bridgehead atoms. The molecule has 0 saturated carbocycles. The van der Waals surface area contributed by atoms with Gasteiger partial charge in [-0.2, -0.15) is 0 Å². The molecule has 1 amide bonds. The summed E-state index contributed by atoms with van der Waals surface area (Å²) in [7, 11) is 0. The molecule has 3 nitrogen and oxygen atoms in total. The van der Waals surface area contributed by atoms with Gasteiger partial charge >= 0.3 is 0 Å². The van der Waals surface area contributed by atoms with E-state index in [-0.39, 0.29) is 11.8 Å². The van der Waals surface area contributed by atoms with E-state index in [1.54, 1.807) is 0 Å². The van der Waals surface area contributed by atoms with Crippen LogP contribution in [-0.4, -0.2) is 18.5 Å². The van der Waals surface area contributed by atoms with Crippen molar-refractivity contribution < 1.29 is 4.79 Å². The Labute approximate surface area is 54.6 Å². The maximum Gasteiger partial charge on any atom is 0.221 e. The number of hydrogen-bond donors (Lipinski definition) is 2. The highest BCUT2D eigenvalue weighted by Crippen LogP contribution is 2.11. The van der Waals surface area contributed by atoms with Crippen LogP contribution in [0.3, 0.4) is 0 Å². The van der Waals surface area contributed by atoms with Crippen molar-refractivity contribution in [1.29, 1.82) is 0 Å². The third-order valence-electron chi connectivity index (χ3n) is 1.75. The normalized spacial score (nSPS) is 34.8. The molecule has 1 heterocycles. The van der Waals surface area contributed by atoms with Gasteiger partial charge in [-0.3, -0.25) is 4.79 Å². The highest BCUT2D eigenvalue weighted by Gasteiger charge is 2.24. The van der Waals surface area contributed by atoms with Gasteiger partial charge < -0.3 is 11.1 Å². The molecule has 0 aromatic carbocycles. The van der Waals surface area contributed by atoms with E-state index < -0.39 is 0 Å². The Morgan fingerprint density at radius 2 is 2.44 bits per heavy atom. The molecule has 1 fully saturated rings. The predicted molar refractivity (Wildman–Crippen MR) is 34.8 cm³/mol. The van der Waals surface area contributed by atoms with Gasteiger partial charge in [0.1, 0.15) is 0 Å². The van der Waals surface area contributed by atoms with Crippen molar-refractivity contribution in [1.82, 2.24) is 5.32 Å². The fourth-order valence-electron chi connectivity index (χ4n) is 1.15. The quantitative estimate of drug-likeness (QED) is 0.498. The second kappa shape index (κ2) is 2.35. The van der Waals surface area contributed by atoms with Crippen LogP contribution in [0.4, 0.5) is 0 Å². The summed E-state index contributed by atoms with van der Waals surface area (Å²) >= 11 is 0. The van der Waals surface area contributed by atoms with E-state index in [2.05, 4.69) is 12.2 Å². The van der Waals surface area contributed by atoms with Gasteiger partial charge in [-0.25, -0.2) is 0 Å². The van der Waals surface area contributed by atoms with Crippen LogP contribution in [0.2, 0.25) is 0 Å². The highest BCUT2D eigenvalue weighted by atomic mass is 16.1. The molecule has 3 heteroatoms. The summed E-state index contributed by atoms with van der Waals surface area (Å²) in [5.74, 6) is -0.105. The smallest absolute Gasteiger partial charge is 0.221 e. The summed E-state index contributed by atoms with van der Waals surface area (Å²) < 4.78 is 0. The first-order chi connectivity index (χ1) is 4.20. The Kier molecular flexibility index (Phi) is 1.71. The lowest BCUT2D eigenvalue weighted by molar-refractivity contribution is -0.121. The van der Waals surface area contributed by atoms with Crippen LogP contribution in [0, 0.1) is 5.92 Å². The summed E-state index contributed by atoms with van der Waals surface area (Å²) in [5.41, 5.74) is 5.08. The average Bonchev–Trinajstić information content (AvgIpc) is 2.14. The molecule has 1 aliphatic heterocycles. The molecule has 1 saturated heterocycles. The van der Waals surface area contributed by atoms with E-state index in [0.717, 1.165) is 13.0 Å². The van der Waals surface area contributed by atoms with Crippen LogP contribution >= 0.6 is 0 Å². The van der Waals surface area contributed by atoms with Crippen LogP contribution in [0.5, 0.6) is 0 Å². The van der Waals surface area contributed by atoms with Gasteiger partial charge in [0.05, 0.1) is 5.92 Å². The highest BCUT2D eigenvalue weighted by molar-refractivity contribution is 5.77. The summed E-state index contributed by atoms with van der Waals surface area (Å²) in [5, 5.41) is 3.15. The summed E-state index contributed by atoms with van der Waals surface area (Å²) in [6, 6.07) is 0.461. The zero-order valence-electron chi connectivity index (χ0n) is 5.55. The SMILES string of the molecule is CC1CC(C(N)=O)CN1. The van der Waals surface area contributed by atoms with Crippen molar-refractivity contribution in [3.63, 3.8) is 0 Å². The van der Waals surface area contributed by atoms with Crippen LogP contribution in [0.15, 0.2) is 0 Å². The first-order valence-corrected chi connectivity index (χ1v) is 3.23. The van der Waals surface area contributed by atoms with Gasteiger partial charge in [-0.1, -0.05) is 0 Å². The van der Waals surface area contributed by atoms with Gasteiger partial charge in [0.15, 0.2) is 0 Å². The van der Waals surface area contributed by atoms with Crippen molar-refractivity contribution >= 4 is 5.91 Å². The number of nitrogens with two attached hydrogens (primary N) is 1. The largest absolute Gasteiger partial charge is 0.369 e. The zero-order chi connectivity index (χ0) is 6.85. The molecule has 9 heavy (non-hydrogen) atoms. The molecule has 0 radical (unpaired) electrons. The van der Waals surface area contributed by atoms with Crippen LogP contribution in [0.25, 0.3) is 0 Å². The molecule has 0 aliphatic carbocycles. The maximum atomic E-state index is 10.5. The molecule has 0 spiro atoms. The molecule has 52 valence electrons. The summed E-state index contributed by atoms with van der Waals surface area (Å²) in [6.45, 7) is 2.82. The lowest BCUT2D eigenvalue weighted by Gasteiger charge is -1.99. The predicted octanol–water partition coefficient (Wildman–Crippen LogP) is -0.530. The Morgan fingerprint density at radius 1 is 1.78 bits per heavy atom. The van der Waals surface area contributed by atoms with E-state index in [1.807, 2.05) is 0 Å². The van der Waals surface area contributed by atoms with Crippen molar-refractivity contribution in [3.05, 3.63) is 0 Å². The molecular weight excluding hydrogens is 116 g/mol. The molecule has 0 aromatic rings. The number of carbonyl (C=O) groups is 1. The van der Waals surface area contributed by atoms with Crippen LogP contribution in [0.1, 0.15) is 13.3 Å². The Morgan fingerprint density at radius 3 is 2.67 bits per heavy atom. The topological polar surface area (TPSA) is 55.1 Å². The molecule has 3 N–H and O–H groups in total. The fourth-order valence-corrected chi connectivity index (χ4v) is 1.15. The Hall–Kier alpha value is -0.570. The van der Waals surface area contributed by atoms with E-state index in [0.29, 0.717) is 6.04 Å². The van der Waals surface area contributed by atoms with Crippen molar-refractivity contribution in [2.45, 2.75) is 19.4 Å². The van der Waals surface area contributed by atoms with Crippen molar-refractivity contribution in [2.75, 3.05) is 6.54 Å². The van der Waals surface area contributed by atoms with E-state index in [1.165, 1.54) is 0 Å². The second-order valence-electron chi connectivity index (χ2n) is 2.64. The molecule has 2 atom stereocenters. The van der Waals surface area contributed by atoms with E-state index in [9.17, 15) is 4.79 Å². The van der Waals surface area contributed by atoms with Gasteiger partial charge in [0.2, 0.25) is 5.91 Å². The number of carbonyl (C=O) groups excluding carboxylic acids is 1. The molecule has 1 rings (SSSR count). The zero-order valence-corrected chi connectivity index (χ0v) is 5.55. The molecular formula is C6H12N2O. The van der Waals surface area contributed by atoms with Gasteiger partial charge in [0.25, 0.3) is 0 Å². The number of hydrogen-bond acceptors (Lipinski definition) is 2. The molecule has 0 aromatic heterocycles. The standard InChI is InChI=1S/C6H12N2O/c1-4-2-5(3-8-4)6(7)9/h4-5,8H,2-3H2,1H3,(H2,7,9). The lowest BCUT2D eigenvalue weighted by atomic mass is 10.1. The second-order valence-corrected chi connectivity index (χ2v) is 2.64. The average molecular weight is 128 g/mol. The van der Waals surface area contributed by atoms with Crippen molar-refractivity contribution in [3.8, 4) is 0 Å². The third kappa shape index (κ3) is 1.42. The fraction of sp³-hybridized carbons (Fsp3) is 0.833. The number of amides is 1. The number of primary amides is 1. The minimum Gasteiger partial charge on any atom is -0.369 e. The first-order valence-electron chi connectivity index (χ1n) is 3.23. The molecule has 1 aliphatic rings. The Bertz CT molecular complexity index is 124. The van der Waals surface area contributed by atoms with E-state index >= 15 is 0 Å². The van der Waals surface area contributed by atoms with E-state index in [4.69, 9.17) is 5.73 Å². The van der Waals surface area contributed by atoms with Crippen LogP contribution in [-0.2, 0) is 4.79 Å². The first kappa shape index (κ1) is 6.55. The minimum atomic E-state index is -0.174.